The number of hydrogen-bond acceptors (Lipinski definition) is 2. The summed E-state index contributed by atoms with van der Waals surface area (Å²) >= 11 is 0. The van der Waals surface area contributed by atoms with Crippen LogP contribution < -0.4 is 5.32 Å². The molecule has 1 fully saturated rings. The van der Waals surface area contributed by atoms with Crippen molar-refractivity contribution < 1.29 is 0 Å². The van der Waals surface area contributed by atoms with E-state index in [1.807, 2.05) is 0 Å². The lowest BCUT2D eigenvalue weighted by Crippen LogP contribution is -2.51. The molecule has 2 heteroatoms. The van der Waals surface area contributed by atoms with Crippen LogP contribution in [0.15, 0.2) is 24.3 Å². The summed E-state index contributed by atoms with van der Waals surface area (Å²) in [6, 6.07) is 10.1. The molecule has 86 valence electrons. The zero-order valence-corrected chi connectivity index (χ0v) is 10.3. The number of nitrogens with zero attached hydrogens (tertiary/aromatic N) is 1. The van der Waals surface area contributed by atoms with Gasteiger partial charge in [-0.3, -0.25) is 0 Å². The van der Waals surface area contributed by atoms with Crippen LogP contribution in [0.25, 0.3) is 0 Å². The molecule has 3 rings (SSSR count). The van der Waals surface area contributed by atoms with E-state index >= 15 is 0 Å². The molecule has 4 atom stereocenters. The summed E-state index contributed by atoms with van der Waals surface area (Å²) in [6.45, 7) is 5.91. The standard InChI is InChI=1S/C14H20N2/c1-9-8-16(3)10(2)13-11-6-4-5-7-12(11)15-14(9)13/h4-7,9-10,13-15H,8H2,1-3H3. The van der Waals surface area contributed by atoms with Gasteiger partial charge in [0.2, 0.25) is 0 Å². The van der Waals surface area contributed by atoms with Crippen LogP contribution in [0.5, 0.6) is 0 Å². The molecular weight excluding hydrogens is 196 g/mol. The predicted octanol–water partition coefficient (Wildman–Crippen LogP) is 2.53. The first kappa shape index (κ1) is 10.2. The highest BCUT2D eigenvalue weighted by molar-refractivity contribution is 5.60. The molecule has 0 bridgehead atoms. The minimum absolute atomic E-state index is 0.628. The monoisotopic (exact) mass is 216 g/mol. The van der Waals surface area contributed by atoms with E-state index in [0.29, 0.717) is 18.0 Å². The average Bonchev–Trinajstić information content (AvgIpc) is 2.66. The van der Waals surface area contributed by atoms with Gasteiger partial charge < -0.3 is 10.2 Å². The van der Waals surface area contributed by atoms with Crippen molar-refractivity contribution in [3.8, 4) is 0 Å². The molecule has 0 radical (unpaired) electrons. The van der Waals surface area contributed by atoms with Crippen LogP contribution in [0.1, 0.15) is 25.3 Å². The highest BCUT2D eigenvalue weighted by atomic mass is 15.2. The maximum Gasteiger partial charge on any atom is 0.0383 e. The summed E-state index contributed by atoms with van der Waals surface area (Å²) in [6.07, 6.45) is 0. The summed E-state index contributed by atoms with van der Waals surface area (Å²) in [4.78, 5) is 2.50. The van der Waals surface area contributed by atoms with Crippen LogP contribution in [-0.2, 0) is 0 Å². The number of hydrogen-bond donors (Lipinski definition) is 1. The van der Waals surface area contributed by atoms with E-state index in [1.54, 1.807) is 0 Å². The van der Waals surface area contributed by atoms with E-state index in [0.717, 1.165) is 5.92 Å². The van der Waals surface area contributed by atoms with Gasteiger partial charge in [-0.25, -0.2) is 0 Å². The Morgan fingerprint density at radius 1 is 1.25 bits per heavy atom. The molecule has 1 saturated heterocycles. The molecular formula is C14H20N2. The number of fused-ring (bicyclic) bond motifs is 3. The van der Waals surface area contributed by atoms with Crippen molar-refractivity contribution in [2.45, 2.75) is 31.8 Å². The Labute approximate surface area is 97.6 Å². The molecule has 0 aliphatic carbocycles. The van der Waals surface area contributed by atoms with Crippen molar-refractivity contribution in [3.05, 3.63) is 29.8 Å². The molecule has 1 aromatic rings. The SMILES string of the molecule is CC1CN(C)C(C)C2c3ccccc3NC12. The second-order valence-corrected chi connectivity index (χ2v) is 5.44. The van der Waals surface area contributed by atoms with Crippen LogP contribution in [0.3, 0.4) is 0 Å². The van der Waals surface area contributed by atoms with Gasteiger partial charge in [0, 0.05) is 30.2 Å². The largest absolute Gasteiger partial charge is 0.381 e. The van der Waals surface area contributed by atoms with Crippen LogP contribution in [0, 0.1) is 5.92 Å². The molecule has 2 heterocycles. The van der Waals surface area contributed by atoms with Gasteiger partial charge in [-0.1, -0.05) is 25.1 Å². The van der Waals surface area contributed by atoms with Gasteiger partial charge in [-0.15, -0.1) is 0 Å². The van der Waals surface area contributed by atoms with Gasteiger partial charge in [0.05, 0.1) is 0 Å². The molecule has 1 N–H and O–H groups in total. The summed E-state index contributed by atoms with van der Waals surface area (Å²) in [5, 5.41) is 3.71. The topological polar surface area (TPSA) is 15.3 Å². The molecule has 0 spiro atoms. The molecule has 16 heavy (non-hydrogen) atoms. The Bertz CT molecular complexity index is 401. The lowest BCUT2D eigenvalue weighted by Gasteiger charge is -2.43. The molecule has 1 aromatic carbocycles. The molecule has 2 aliphatic heterocycles. The molecule has 2 aliphatic rings. The maximum atomic E-state index is 3.71. The van der Waals surface area contributed by atoms with Gasteiger partial charge in [-0.05, 0) is 31.5 Å². The highest BCUT2D eigenvalue weighted by Crippen LogP contribution is 2.44. The first-order chi connectivity index (χ1) is 7.68. The molecule has 2 nitrogen and oxygen atoms in total. The lowest BCUT2D eigenvalue weighted by molar-refractivity contribution is 0.126. The normalized spacial score (nSPS) is 37.7. The number of likely N-dealkylation sites (tertiary alicyclic amines) is 1. The quantitative estimate of drug-likeness (QED) is 0.717. The number of para-hydroxylation sites is 1. The zero-order valence-electron chi connectivity index (χ0n) is 10.3. The smallest absolute Gasteiger partial charge is 0.0383 e. The van der Waals surface area contributed by atoms with E-state index in [2.05, 4.69) is 55.4 Å². The van der Waals surface area contributed by atoms with Crippen molar-refractivity contribution in [1.29, 1.82) is 0 Å². The van der Waals surface area contributed by atoms with Crippen molar-refractivity contribution in [2.24, 2.45) is 5.92 Å². The van der Waals surface area contributed by atoms with E-state index in [1.165, 1.54) is 17.8 Å². The Morgan fingerprint density at radius 3 is 2.81 bits per heavy atom. The van der Waals surface area contributed by atoms with Gasteiger partial charge in [0.1, 0.15) is 0 Å². The Balaban J connectivity index is 2.03. The predicted molar refractivity (Wildman–Crippen MR) is 67.8 cm³/mol. The first-order valence-electron chi connectivity index (χ1n) is 6.24. The van der Waals surface area contributed by atoms with Gasteiger partial charge in [0.25, 0.3) is 0 Å². The fourth-order valence-electron chi connectivity index (χ4n) is 3.45. The maximum absolute atomic E-state index is 3.71. The minimum Gasteiger partial charge on any atom is -0.381 e. The van der Waals surface area contributed by atoms with E-state index < -0.39 is 0 Å². The molecule has 0 amide bonds. The van der Waals surface area contributed by atoms with E-state index in [9.17, 15) is 0 Å². The molecule has 4 unspecified atom stereocenters. The third-order valence-corrected chi connectivity index (χ3v) is 4.43. The van der Waals surface area contributed by atoms with Crippen LogP contribution in [0.2, 0.25) is 0 Å². The number of piperidine rings is 1. The number of likely N-dealkylation sites (N-methyl/N-ethyl adjacent to an activating group) is 1. The summed E-state index contributed by atoms with van der Waals surface area (Å²) in [7, 11) is 2.25. The van der Waals surface area contributed by atoms with E-state index in [4.69, 9.17) is 0 Å². The lowest BCUT2D eigenvalue weighted by atomic mass is 9.79. The van der Waals surface area contributed by atoms with Gasteiger partial charge in [0.15, 0.2) is 0 Å². The number of anilines is 1. The summed E-state index contributed by atoms with van der Waals surface area (Å²) < 4.78 is 0. The third kappa shape index (κ3) is 1.29. The molecule has 0 aromatic heterocycles. The van der Waals surface area contributed by atoms with E-state index in [-0.39, 0.29) is 0 Å². The fourth-order valence-corrected chi connectivity index (χ4v) is 3.45. The van der Waals surface area contributed by atoms with Crippen LogP contribution in [0.4, 0.5) is 5.69 Å². The van der Waals surface area contributed by atoms with Crippen molar-refractivity contribution >= 4 is 5.69 Å². The van der Waals surface area contributed by atoms with Crippen LogP contribution >= 0.6 is 0 Å². The van der Waals surface area contributed by atoms with Crippen molar-refractivity contribution in [1.82, 2.24) is 4.90 Å². The zero-order chi connectivity index (χ0) is 11.3. The Morgan fingerprint density at radius 2 is 2.00 bits per heavy atom. The Hall–Kier alpha value is -1.02. The van der Waals surface area contributed by atoms with Gasteiger partial charge >= 0.3 is 0 Å². The number of nitrogens with one attached hydrogen (secondary N) is 1. The fraction of sp³-hybridized carbons (Fsp3) is 0.571. The van der Waals surface area contributed by atoms with Crippen LogP contribution in [-0.4, -0.2) is 30.6 Å². The summed E-state index contributed by atoms with van der Waals surface area (Å²) in [5.74, 6) is 1.38. The van der Waals surface area contributed by atoms with Crippen molar-refractivity contribution in [3.63, 3.8) is 0 Å². The molecule has 0 saturated carbocycles. The number of benzene rings is 1. The second-order valence-electron chi connectivity index (χ2n) is 5.44. The van der Waals surface area contributed by atoms with Crippen molar-refractivity contribution in [2.75, 3.05) is 18.9 Å². The third-order valence-electron chi connectivity index (χ3n) is 4.43. The average molecular weight is 216 g/mol. The first-order valence-corrected chi connectivity index (χ1v) is 6.24. The Kier molecular flexibility index (Phi) is 2.21. The van der Waals surface area contributed by atoms with Gasteiger partial charge in [-0.2, -0.15) is 0 Å². The minimum atomic E-state index is 0.628. The highest BCUT2D eigenvalue weighted by Gasteiger charge is 2.43. The second kappa shape index (κ2) is 3.49. The number of rotatable bonds is 0. The summed E-state index contributed by atoms with van der Waals surface area (Å²) in [5.41, 5.74) is 2.87.